The fourth-order valence-corrected chi connectivity index (χ4v) is 2.58. The molecule has 0 atom stereocenters. The minimum absolute atomic E-state index is 0.594. The summed E-state index contributed by atoms with van der Waals surface area (Å²) >= 11 is 6.05. The standard InChI is InChI=1S/C10H15ClN2O/c1-2-13-9(8(11)7-12-13)10(14)5-3-4-6-10/h7,14H,2-6H2,1H3. The topological polar surface area (TPSA) is 38.0 Å². The van der Waals surface area contributed by atoms with Crippen LogP contribution in [0, 0.1) is 0 Å². The van der Waals surface area contributed by atoms with Crippen molar-refractivity contribution in [3.63, 3.8) is 0 Å². The molecule has 1 heterocycles. The zero-order valence-electron chi connectivity index (χ0n) is 8.33. The molecule has 1 aromatic rings. The Balaban J connectivity index is 2.42. The Morgan fingerprint density at radius 2 is 2.21 bits per heavy atom. The Labute approximate surface area is 88.7 Å². The van der Waals surface area contributed by atoms with Gasteiger partial charge in [0.05, 0.1) is 16.9 Å². The second kappa shape index (κ2) is 3.55. The van der Waals surface area contributed by atoms with E-state index in [2.05, 4.69) is 5.10 Å². The maximum Gasteiger partial charge on any atom is 0.108 e. The van der Waals surface area contributed by atoms with Crippen LogP contribution in [0.4, 0.5) is 0 Å². The largest absolute Gasteiger partial charge is 0.384 e. The molecular formula is C10H15ClN2O. The third-order valence-electron chi connectivity index (χ3n) is 2.97. The van der Waals surface area contributed by atoms with Gasteiger partial charge in [0.2, 0.25) is 0 Å². The van der Waals surface area contributed by atoms with E-state index in [0.29, 0.717) is 5.02 Å². The summed E-state index contributed by atoms with van der Waals surface area (Å²) in [6.45, 7) is 2.76. The van der Waals surface area contributed by atoms with E-state index in [1.54, 1.807) is 10.9 Å². The molecule has 1 aliphatic carbocycles. The second-order valence-corrected chi connectivity index (χ2v) is 4.30. The number of hydrogen-bond donors (Lipinski definition) is 1. The van der Waals surface area contributed by atoms with E-state index in [4.69, 9.17) is 11.6 Å². The Morgan fingerprint density at radius 3 is 2.79 bits per heavy atom. The second-order valence-electron chi connectivity index (χ2n) is 3.90. The van der Waals surface area contributed by atoms with Crippen molar-refractivity contribution in [3.05, 3.63) is 16.9 Å². The van der Waals surface area contributed by atoms with Gasteiger partial charge in [0.25, 0.3) is 0 Å². The lowest BCUT2D eigenvalue weighted by Crippen LogP contribution is -2.25. The van der Waals surface area contributed by atoms with Gasteiger partial charge in [-0.3, -0.25) is 4.68 Å². The number of nitrogens with zero attached hydrogens (tertiary/aromatic N) is 2. The average Bonchev–Trinajstić information content (AvgIpc) is 2.73. The third kappa shape index (κ3) is 1.44. The number of halogens is 1. The van der Waals surface area contributed by atoms with Crippen LogP contribution in [0.25, 0.3) is 0 Å². The number of aryl methyl sites for hydroxylation is 1. The molecule has 14 heavy (non-hydrogen) atoms. The fraction of sp³-hybridized carbons (Fsp3) is 0.700. The number of aromatic nitrogens is 2. The van der Waals surface area contributed by atoms with Crippen molar-refractivity contribution >= 4 is 11.6 Å². The first-order valence-corrected chi connectivity index (χ1v) is 5.49. The highest BCUT2D eigenvalue weighted by atomic mass is 35.5. The highest BCUT2D eigenvalue weighted by Gasteiger charge is 2.37. The molecular weight excluding hydrogens is 200 g/mol. The van der Waals surface area contributed by atoms with E-state index in [1.807, 2.05) is 6.92 Å². The molecule has 0 unspecified atom stereocenters. The summed E-state index contributed by atoms with van der Waals surface area (Å²) in [4.78, 5) is 0. The van der Waals surface area contributed by atoms with Crippen LogP contribution in [0.1, 0.15) is 38.3 Å². The van der Waals surface area contributed by atoms with Gasteiger partial charge in [0, 0.05) is 6.54 Å². The number of hydrogen-bond acceptors (Lipinski definition) is 2. The highest BCUT2D eigenvalue weighted by Crippen LogP contribution is 2.41. The number of rotatable bonds is 2. The van der Waals surface area contributed by atoms with Crippen LogP contribution in [-0.4, -0.2) is 14.9 Å². The highest BCUT2D eigenvalue weighted by molar-refractivity contribution is 6.31. The Bertz CT molecular complexity index is 329. The lowest BCUT2D eigenvalue weighted by molar-refractivity contribution is 0.0352. The van der Waals surface area contributed by atoms with Crippen molar-refractivity contribution in [2.24, 2.45) is 0 Å². The van der Waals surface area contributed by atoms with Gasteiger partial charge in [-0.2, -0.15) is 5.10 Å². The van der Waals surface area contributed by atoms with Crippen LogP contribution in [0.5, 0.6) is 0 Å². The molecule has 0 radical (unpaired) electrons. The maximum absolute atomic E-state index is 10.4. The van der Waals surface area contributed by atoms with Crippen molar-refractivity contribution < 1.29 is 5.11 Å². The minimum atomic E-state index is -0.733. The average molecular weight is 215 g/mol. The molecule has 0 aliphatic heterocycles. The summed E-state index contributed by atoms with van der Waals surface area (Å²) in [5, 5.41) is 15.1. The predicted molar refractivity (Wildman–Crippen MR) is 55.3 cm³/mol. The Hall–Kier alpha value is -0.540. The molecule has 1 aliphatic rings. The van der Waals surface area contributed by atoms with Crippen LogP contribution in [0.15, 0.2) is 6.20 Å². The molecule has 1 saturated carbocycles. The SMILES string of the molecule is CCn1ncc(Cl)c1C1(O)CCCC1. The van der Waals surface area contributed by atoms with Crippen LogP contribution < -0.4 is 0 Å². The lowest BCUT2D eigenvalue weighted by atomic mass is 9.98. The minimum Gasteiger partial charge on any atom is -0.384 e. The van der Waals surface area contributed by atoms with Crippen molar-refractivity contribution in [2.75, 3.05) is 0 Å². The quantitative estimate of drug-likeness (QED) is 0.821. The normalized spacial score (nSPS) is 20.2. The van der Waals surface area contributed by atoms with Crippen molar-refractivity contribution in [3.8, 4) is 0 Å². The van der Waals surface area contributed by atoms with Gasteiger partial charge in [-0.1, -0.05) is 24.4 Å². The van der Waals surface area contributed by atoms with Gasteiger partial charge in [-0.15, -0.1) is 0 Å². The van der Waals surface area contributed by atoms with Gasteiger partial charge in [-0.25, -0.2) is 0 Å². The summed E-state index contributed by atoms with van der Waals surface area (Å²) in [7, 11) is 0. The zero-order valence-corrected chi connectivity index (χ0v) is 9.09. The molecule has 0 amide bonds. The first kappa shape index (κ1) is 9.99. The van der Waals surface area contributed by atoms with Crippen LogP contribution in [0.3, 0.4) is 0 Å². The van der Waals surface area contributed by atoms with Crippen LogP contribution >= 0.6 is 11.6 Å². The van der Waals surface area contributed by atoms with Gasteiger partial charge in [-0.05, 0) is 19.8 Å². The Kier molecular flexibility index (Phi) is 2.54. The molecule has 78 valence electrons. The van der Waals surface area contributed by atoms with Gasteiger partial charge < -0.3 is 5.11 Å². The van der Waals surface area contributed by atoms with E-state index in [9.17, 15) is 5.11 Å². The monoisotopic (exact) mass is 214 g/mol. The molecule has 0 spiro atoms. The molecule has 3 nitrogen and oxygen atoms in total. The predicted octanol–water partition coefficient (Wildman–Crippen LogP) is 2.32. The first-order chi connectivity index (χ1) is 6.67. The van der Waals surface area contributed by atoms with Crippen molar-refractivity contribution in [1.82, 2.24) is 9.78 Å². The lowest BCUT2D eigenvalue weighted by Gasteiger charge is -2.23. The molecule has 0 saturated heterocycles. The van der Waals surface area contributed by atoms with E-state index in [0.717, 1.165) is 37.9 Å². The zero-order chi connectivity index (χ0) is 10.2. The Morgan fingerprint density at radius 1 is 1.57 bits per heavy atom. The molecule has 1 aromatic heterocycles. The molecule has 4 heteroatoms. The van der Waals surface area contributed by atoms with Crippen LogP contribution in [-0.2, 0) is 12.1 Å². The number of aliphatic hydroxyl groups is 1. The van der Waals surface area contributed by atoms with E-state index < -0.39 is 5.60 Å². The van der Waals surface area contributed by atoms with Crippen LogP contribution in [0.2, 0.25) is 5.02 Å². The summed E-state index contributed by atoms with van der Waals surface area (Å²) in [5.74, 6) is 0. The smallest absolute Gasteiger partial charge is 0.108 e. The molecule has 2 rings (SSSR count). The summed E-state index contributed by atoms with van der Waals surface area (Å²) < 4.78 is 1.80. The molecule has 1 fully saturated rings. The van der Waals surface area contributed by atoms with Gasteiger partial charge in [0.15, 0.2) is 0 Å². The van der Waals surface area contributed by atoms with E-state index >= 15 is 0 Å². The molecule has 0 aromatic carbocycles. The molecule has 1 N–H and O–H groups in total. The van der Waals surface area contributed by atoms with E-state index in [1.165, 1.54) is 0 Å². The van der Waals surface area contributed by atoms with Crippen molar-refractivity contribution in [1.29, 1.82) is 0 Å². The van der Waals surface area contributed by atoms with Gasteiger partial charge >= 0.3 is 0 Å². The van der Waals surface area contributed by atoms with E-state index in [-0.39, 0.29) is 0 Å². The molecule has 0 bridgehead atoms. The van der Waals surface area contributed by atoms with Crippen molar-refractivity contribution in [2.45, 2.75) is 44.8 Å². The third-order valence-corrected chi connectivity index (χ3v) is 3.24. The fourth-order valence-electron chi connectivity index (χ4n) is 2.26. The first-order valence-electron chi connectivity index (χ1n) is 5.11. The summed E-state index contributed by atoms with van der Waals surface area (Å²) in [6.07, 6.45) is 5.37. The summed E-state index contributed by atoms with van der Waals surface area (Å²) in [5.41, 5.74) is 0.0722. The van der Waals surface area contributed by atoms with Gasteiger partial charge in [0.1, 0.15) is 5.60 Å². The maximum atomic E-state index is 10.4. The summed E-state index contributed by atoms with van der Waals surface area (Å²) in [6, 6.07) is 0.